The van der Waals surface area contributed by atoms with Gasteiger partial charge in [0.1, 0.15) is 0 Å². The number of nitrogens with zero attached hydrogens (tertiary/aromatic N) is 2. The van der Waals surface area contributed by atoms with E-state index in [2.05, 4.69) is 30.6 Å². The van der Waals surface area contributed by atoms with Crippen LogP contribution in [0.4, 0.5) is 0 Å². The van der Waals surface area contributed by atoms with Crippen LogP contribution in [0.5, 0.6) is 0 Å². The Morgan fingerprint density at radius 3 is 2.61 bits per heavy atom. The third-order valence-electron chi connectivity index (χ3n) is 4.83. The van der Waals surface area contributed by atoms with Gasteiger partial charge in [0.15, 0.2) is 0 Å². The van der Waals surface area contributed by atoms with Crippen molar-refractivity contribution in [2.24, 2.45) is 17.6 Å². The Kier molecular flexibility index (Phi) is 5.05. The maximum Gasteiger partial charge on any atom is 0.0245 e. The summed E-state index contributed by atoms with van der Waals surface area (Å²) in [6, 6.07) is 1.41. The van der Waals surface area contributed by atoms with Crippen molar-refractivity contribution in [1.82, 2.24) is 9.80 Å². The molecule has 0 saturated carbocycles. The second-order valence-electron chi connectivity index (χ2n) is 6.74. The molecule has 2 rings (SSSR count). The molecule has 2 saturated heterocycles. The Morgan fingerprint density at radius 1 is 1.17 bits per heavy atom. The van der Waals surface area contributed by atoms with Gasteiger partial charge >= 0.3 is 0 Å². The van der Waals surface area contributed by atoms with E-state index >= 15 is 0 Å². The minimum atomic E-state index is 0.593. The van der Waals surface area contributed by atoms with Gasteiger partial charge in [-0.1, -0.05) is 20.8 Å². The highest BCUT2D eigenvalue weighted by Crippen LogP contribution is 2.26. The largest absolute Gasteiger partial charge is 0.329 e. The second-order valence-corrected chi connectivity index (χ2v) is 6.74. The average Bonchev–Trinajstić information content (AvgIpc) is 2.76. The van der Waals surface area contributed by atoms with Crippen molar-refractivity contribution in [3.05, 3.63) is 0 Å². The highest BCUT2D eigenvalue weighted by Gasteiger charge is 2.34. The molecule has 0 spiro atoms. The number of hydrogen-bond acceptors (Lipinski definition) is 3. The summed E-state index contributed by atoms with van der Waals surface area (Å²) in [4.78, 5) is 5.36. The van der Waals surface area contributed by atoms with Crippen LogP contribution in [-0.4, -0.2) is 54.6 Å². The number of piperazine rings is 1. The molecule has 2 aliphatic rings. The summed E-state index contributed by atoms with van der Waals surface area (Å²) >= 11 is 0. The van der Waals surface area contributed by atoms with E-state index in [1.165, 1.54) is 45.4 Å². The van der Waals surface area contributed by atoms with E-state index in [4.69, 9.17) is 5.73 Å². The zero-order valence-corrected chi connectivity index (χ0v) is 12.4. The number of fused-ring (bicyclic) bond motifs is 1. The van der Waals surface area contributed by atoms with Crippen molar-refractivity contribution in [2.45, 2.75) is 52.1 Å². The van der Waals surface area contributed by atoms with Crippen molar-refractivity contribution < 1.29 is 0 Å². The lowest BCUT2D eigenvalue weighted by atomic mass is 9.90. The van der Waals surface area contributed by atoms with Gasteiger partial charge in [0.2, 0.25) is 0 Å². The fraction of sp³-hybridized carbons (Fsp3) is 1.00. The molecule has 0 radical (unpaired) electrons. The second kappa shape index (κ2) is 6.36. The van der Waals surface area contributed by atoms with Crippen molar-refractivity contribution in [3.63, 3.8) is 0 Å². The summed E-state index contributed by atoms with van der Waals surface area (Å²) in [6.07, 6.45) is 4.09. The molecular weight excluding hydrogens is 222 g/mol. The van der Waals surface area contributed by atoms with Crippen LogP contribution >= 0.6 is 0 Å². The predicted octanol–water partition coefficient (Wildman–Crippen LogP) is 1.78. The van der Waals surface area contributed by atoms with Crippen LogP contribution in [0.3, 0.4) is 0 Å². The molecule has 2 N–H and O–H groups in total. The van der Waals surface area contributed by atoms with Crippen LogP contribution in [0.2, 0.25) is 0 Å². The molecule has 0 bridgehead atoms. The number of rotatable bonds is 5. The zero-order valence-electron chi connectivity index (χ0n) is 12.4. The smallest absolute Gasteiger partial charge is 0.0245 e. The molecule has 2 heterocycles. The Bertz CT molecular complexity index is 254. The van der Waals surface area contributed by atoms with E-state index in [1.807, 2.05) is 0 Å². The molecule has 3 nitrogen and oxygen atoms in total. The molecule has 3 unspecified atom stereocenters. The van der Waals surface area contributed by atoms with Crippen molar-refractivity contribution in [2.75, 3.05) is 32.7 Å². The quantitative estimate of drug-likeness (QED) is 0.810. The van der Waals surface area contributed by atoms with Gasteiger partial charge in [-0.25, -0.2) is 0 Å². The molecule has 3 heteroatoms. The first kappa shape index (κ1) is 14.3. The first-order chi connectivity index (χ1) is 8.61. The normalized spacial score (nSPS) is 29.5. The molecule has 0 aromatic rings. The molecule has 0 amide bonds. The van der Waals surface area contributed by atoms with Crippen LogP contribution < -0.4 is 5.73 Å². The van der Waals surface area contributed by atoms with E-state index in [1.54, 1.807) is 0 Å². The molecule has 106 valence electrons. The third-order valence-corrected chi connectivity index (χ3v) is 4.83. The highest BCUT2D eigenvalue weighted by molar-refractivity contribution is 4.91. The first-order valence-electron chi connectivity index (χ1n) is 7.80. The molecule has 3 atom stereocenters. The van der Waals surface area contributed by atoms with E-state index in [9.17, 15) is 0 Å². The van der Waals surface area contributed by atoms with Gasteiger partial charge in [-0.3, -0.25) is 9.80 Å². The molecule has 2 aliphatic heterocycles. The zero-order chi connectivity index (χ0) is 13.1. The maximum atomic E-state index is 6.06. The lowest BCUT2D eigenvalue weighted by Crippen LogP contribution is -2.56. The third kappa shape index (κ3) is 3.25. The molecule has 2 fully saturated rings. The van der Waals surface area contributed by atoms with Crippen molar-refractivity contribution >= 4 is 0 Å². The topological polar surface area (TPSA) is 32.5 Å². The van der Waals surface area contributed by atoms with Gasteiger partial charge in [0.05, 0.1) is 0 Å². The van der Waals surface area contributed by atoms with Gasteiger partial charge in [-0.15, -0.1) is 0 Å². The van der Waals surface area contributed by atoms with E-state index in [0.717, 1.165) is 24.4 Å². The van der Waals surface area contributed by atoms with Crippen LogP contribution in [-0.2, 0) is 0 Å². The van der Waals surface area contributed by atoms with Gasteiger partial charge in [0, 0.05) is 38.3 Å². The van der Waals surface area contributed by atoms with E-state index in [-0.39, 0.29) is 0 Å². The minimum Gasteiger partial charge on any atom is -0.329 e. The van der Waals surface area contributed by atoms with Crippen molar-refractivity contribution in [3.8, 4) is 0 Å². The summed E-state index contributed by atoms with van der Waals surface area (Å²) in [5, 5.41) is 0. The minimum absolute atomic E-state index is 0.593. The van der Waals surface area contributed by atoms with E-state index in [0.29, 0.717) is 6.04 Å². The summed E-state index contributed by atoms with van der Waals surface area (Å²) in [7, 11) is 0. The maximum absolute atomic E-state index is 6.06. The molecule has 0 aromatic carbocycles. The Balaban J connectivity index is 1.91. The first-order valence-corrected chi connectivity index (χ1v) is 7.80. The fourth-order valence-corrected chi connectivity index (χ4v) is 3.96. The summed E-state index contributed by atoms with van der Waals surface area (Å²) in [6.45, 7) is 12.9. The monoisotopic (exact) mass is 253 g/mol. The van der Waals surface area contributed by atoms with Crippen LogP contribution in [0, 0.1) is 11.8 Å². The summed E-state index contributed by atoms with van der Waals surface area (Å²) < 4.78 is 0. The predicted molar refractivity (Wildman–Crippen MR) is 77.6 cm³/mol. The van der Waals surface area contributed by atoms with Crippen LogP contribution in [0.1, 0.15) is 40.0 Å². The molecule has 0 aromatic heterocycles. The van der Waals surface area contributed by atoms with Gasteiger partial charge in [0.25, 0.3) is 0 Å². The van der Waals surface area contributed by atoms with Crippen LogP contribution in [0.15, 0.2) is 0 Å². The van der Waals surface area contributed by atoms with Gasteiger partial charge in [-0.05, 0) is 37.6 Å². The summed E-state index contributed by atoms with van der Waals surface area (Å²) in [5.74, 6) is 1.50. The molecular formula is C15H31N3. The number of nitrogens with two attached hydrogens (primary N) is 1. The number of hydrogen-bond donors (Lipinski definition) is 1. The van der Waals surface area contributed by atoms with Gasteiger partial charge < -0.3 is 5.73 Å². The van der Waals surface area contributed by atoms with Gasteiger partial charge in [-0.2, -0.15) is 0 Å². The van der Waals surface area contributed by atoms with Crippen molar-refractivity contribution in [1.29, 1.82) is 0 Å². The highest BCUT2D eigenvalue weighted by atomic mass is 15.3. The van der Waals surface area contributed by atoms with E-state index < -0.39 is 0 Å². The standard InChI is InChI=1S/C15H31N3/c1-12(2)9-13(3)15(10-16)18-8-7-17-6-4-5-14(17)11-18/h12-15H,4-11,16H2,1-3H3. The average molecular weight is 253 g/mol. The molecule has 0 aliphatic carbocycles. The lowest BCUT2D eigenvalue weighted by molar-refractivity contribution is 0.0508. The van der Waals surface area contributed by atoms with Crippen LogP contribution in [0.25, 0.3) is 0 Å². The Labute approximate surface area is 113 Å². The fourth-order valence-electron chi connectivity index (χ4n) is 3.96. The Hall–Kier alpha value is -0.120. The summed E-state index contributed by atoms with van der Waals surface area (Å²) in [5.41, 5.74) is 6.06. The Morgan fingerprint density at radius 2 is 1.94 bits per heavy atom. The lowest BCUT2D eigenvalue weighted by Gasteiger charge is -2.43. The molecule has 18 heavy (non-hydrogen) atoms. The SMILES string of the molecule is CC(C)CC(C)C(CN)N1CCN2CCCC2C1.